The fourth-order valence-electron chi connectivity index (χ4n) is 1.96. The molecule has 0 saturated carbocycles. The Morgan fingerprint density at radius 1 is 1.15 bits per heavy atom. The predicted molar refractivity (Wildman–Crippen MR) is 100 cm³/mol. The van der Waals surface area contributed by atoms with Gasteiger partial charge in [0, 0.05) is 10.7 Å². The van der Waals surface area contributed by atoms with Gasteiger partial charge in [0.25, 0.3) is 0 Å². The molecule has 0 bridgehead atoms. The van der Waals surface area contributed by atoms with Gasteiger partial charge >= 0.3 is 5.97 Å². The molecule has 1 amide bonds. The maximum atomic E-state index is 13.5. The zero-order valence-electron chi connectivity index (χ0n) is 14.0. The number of rotatable bonds is 8. The minimum Gasteiger partial charge on any atom is -0.494 e. The molecule has 2 rings (SSSR count). The Balaban J connectivity index is 1.67. The van der Waals surface area contributed by atoms with Gasteiger partial charge < -0.3 is 14.8 Å². The number of halogens is 2. The largest absolute Gasteiger partial charge is 0.494 e. The number of anilines is 1. The molecule has 0 atom stereocenters. The van der Waals surface area contributed by atoms with Crippen molar-refractivity contribution in [2.24, 2.45) is 0 Å². The van der Waals surface area contributed by atoms with Crippen LogP contribution in [0.25, 0.3) is 0 Å². The number of thioether (sulfide) groups is 1. The summed E-state index contributed by atoms with van der Waals surface area (Å²) in [7, 11) is 1.37. The van der Waals surface area contributed by atoms with E-state index in [4.69, 9.17) is 21.1 Å². The van der Waals surface area contributed by atoms with Crippen molar-refractivity contribution < 1.29 is 23.5 Å². The first kappa shape index (κ1) is 20.1. The van der Waals surface area contributed by atoms with Gasteiger partial charge in [-0.05, 0) is 42.0 Å². The Morgan fingerprint density at radius 3 is 2.54 bits per heavy atom. The third-order valence-corrected chi connectivity index (χ3v) is 4.36. The summed E-state index contributed by atoms with van der Waals surface area (Å²) in [5, 5.41) is 3.27. The Morgan fingerprint density at radius 2 is 1.88 bits per heavy atom. The highest BCUT2D eigenvalue weighted by Crippen LogP contribution is 2.18. The minimum atomic E-state index is -0.519. The molecule has 8 heteroatoms. The van der Waals surface area contributed by atoms with E-state index in [1.165, 1.54) is 19.2 Å². The summed E-state index contributed by atoms with van der Waals surface area (Å²) in [4.78, 5) is 23.5. The monoisotopic (exact) mass is 397 g/mol. The van der Waals surface area contributed by atoms with E-state index in [1.54, 1.807) is 30.3 Å². The van der Waals surface area contributed by atoms with Gasteiger partial charge in [-0.3, -0.25) is 9.59 Å². The highest BCUT2D eigenvalue weighted by atomic mass is 35.5. The van der Waals surface area contributed by atoms with Gasteiger partial charge in [-0.15, -0.1) is 11.8 Å². The topological polar surface area (TPSA) is 64.6 Å². The van der Waals surface area contributed by atoms with Crippen molar-refractivity contribution in [1.82, 2.24) is 0 Å². The highest BCUT2D eigenvalue weighted by Gasteiger charge is 2.09. The van der Waals surface area contributed by atoms with Crippen LogP contribution in [0.1, 0.15) is 5.56 Å². The molecule has 0 saturated heterocycles. The molecule has 2 aromatic rings. The second-order valence-electron chi connectivity index (χ2n) is 5.18. The smallest absolute Gasteiger partial charge is 0.316 e. The molecule has 0 aliphatic rings. The summed E-state index contributed by atoms with van der Waals surface area (Å²) in [6.45, 7) is -0.0444. The summed E-state index contributed by atoms with van der Waals surface area (Å²) in [5.74, 6) is -0.980. The number of amides is 1. The molecular formula is C18H17ClFNO4S. The summed E-state index contributed by atoms with van der Waals surface area (Å²) in [6, 6.07) is 11.0. The van der Waals surface area contributed by atoms with Gasteiger partial charge in [-0.1, -0.05) is 17.7 Å². The molecule has 0 aromatic heterocycles. The summed E-state index contributed by atoms with van der Waals surface area (Å²) >= 11 is 6.90. The second-order valence-corrected chi connectivity index (χ2v) is 6.60. The summed E-state index contributed by atoms with van der Waals surface area (Å²) < 4.78 is 23.4. The molecule has 138 valence electrons. The summed E-state index contributed by atoms with van der Waals surface area (Å²) in [6.07, 6.45) is 0. The van der Waals surface area contributed by atoms with Crippen LogP contribution >= 0.6 is 23.4 Å². The minimum absolute atomic E-state index is 0.0205. The lowest BCUT2D eigenvalue weighted by Crippen LogP contribution is -2.16. The first-order valence-electron chi connectivity index (χ1n) is 7.59. The Kier molecular flexibility index (Phi) is 7.74. The second kappa shape index (κ2) is 10.0. The van der Waals surface area contributed by atoms with Crippen LogP contribution in [0.3, 0.4) is 0 Å². The molecule has 26 heavy (non-hydrogen) atoms. The molecule has 0 heterocycles. The molecule has 0 spiro atoms. The standard InChI is InChI=1S/C18H17ClFNO4S/c1-24-16-7-2-12(8-15(16)20)9-25-18(23)11-26-10-17(22)21-14-5-3-13(19)4-6-14/h2-8H,9-11H2,1H3,(H,21,22). The molecule has 1 N–H and O–H groups in total. The van der Waals surface area contributed by atoms with Gasteiger partial charge in [0.1, 0.15) is 6.61 Å². The maximum Gasteiger partial charge on any atom is 0.316 e. The lowest BCUT2D eigenvalue weighted by atomic mass is 10.2. The van der Waals surface area contributed by atoms with E-state index in [9.17, 15) is 14.0 Å². The maximum absolute atomic E-state index is 13.5. The Labute approximate surface area is 159 Å². The molecule has 0 radical (unpaired) electrons. The van der Waals surface area contributed by atoms with E-state index < -0.39 is 11.8 Å². The Bertz CT molecular complexity index is 770. The van der Waals surface area contributed by atoms with Gasteiger partial charge in [0.05, 0.1) is 18.6 Å². The van der Waals surface area contributed by atoms with Crippen molar-refractivity contribution in [3.63, 3.8) is 0 Å². The van der Waals surface area contributed by atoms with Crippen molar-refractivity contribution in [3.05, 3.63) is 58.9 Å². The van der Waals surface area contributed by atoms with Crippen LogP contribution in [0.5, 0.6) is 5.75 Å². The quantitative estimate of drug-likeness (QED) is 0.684. The lowest BCUT2D eigenvalue weighted by Gasteiger charge is -2.07. The fourth-order valence-corrected chi connectivity index (χ4v) is 2.70. The van der Waals surface area contributed by atoms with Crippen LogP contribution in [-0.4, -0.2) is 30.5 Å². The SMILES string of the molecule is COc1ccc(COC(=O)CSCC(=O)Nc2ccc(Cl)cc2)cc1F. The number of carbonyl (C=O) groups is 2. The number of methoxy groups -OCH3 is 1. The number of hydrogen-bond acceptors (Lipinski definition) is 5. The molecule has 0 aliphatic carbocycles. The van der Waals surface area contributed by atoms with Crippen LogP contribution in [0, 0.1) is 5.82 Å². The predicted octanol–water partition coefficient (Wildman–Crippen LogP) is 3.90. The van der Waals surface area contributed by atoms with Gasteiger partial charge in [0.2, 0.25) is 5.91 Å². The van der Waals surface area contributed by atoms with Gasteiger partial charge in [-0.2, -0.15) is 0 Å². The third-order valence-electron chi connectivity index (χ3n) is 3.20. The average Bonchev–Trinajstić information content (AvgIpc) is 2.62. The Hall–Kier alpha value is -2.25. The fraction of sp³-hybridized carbons (Fsp3) is 0.222. The number of benzene rings is 2. The lowest BCUT2D eigenvalue weighted by molar-refractivity contribution is -0.141. The average molecular weight is 398 g/mol. The summed E-state index contributed by atoms with van der Waals surface area (Å²) in [5.41, 5.74) is 1.14. The normalized spacial score (nSPS) is 10.3. The third kappa shape index (κ3) is 6.57. The van der Waals surface area contributed by atoms with E-state index in [0.29, 0.717) is 16.3 Å². The molecule has 5 nitrogen and oxygen atoms in total. The first-order valence-corrected chi connectivity index (χ1v) is 9.12. The first-order chi connectivity index (χ1) is 12.5. The molecule has 0 fully saturated rings. The van der Waals surface area contributed by atoms with E-state index in [-0.39, 0.29) is 29.8 Å². The van der Waals surface area contributed by atoms with Gasteiger partial charge in [-0.25, -0.2) is 4.39 Å². The van der Waals surface area contributed by atoms with Crippen molar-refractivity contribution in [3.8, 4) is 5.75 Å². The molecule has 0 aliphatic heterocycles. The van der Waals surface area contributed by atoms with E-state index in [2.05, 4.69) is 5.32 Å². The molecular weight excluding hydrogens is 381 g/mol. The highest BCUT2D eigenvalue weighted by molar-refractivity contribution is 8.00. The van der Waals surface area contributed by atoms with Crippen molar-refractivity contribution in [2.75, 3.05) is 23.9 Å². The van der Waals surface area contributed by atoms with Gasteiger partial charge in [0.15, 0.2) is 11.6 Å². The van der Waals surface area contributed by atoms with E-state index in [0.717, 1.165) is 11.8 Å². The number of nitrogens with one attached hydrogen (secondary N) is 1. The van der Waals surface area contributed by atoms with Crippen molar-refractivity contribution in [1.29, 1.82) is 0 Å². The molecule has 0 unspecified atom stereocenters. The van der Waals surface area contributed by atoms with Crippen LogP contribution in [0.4, 0.5) is 10.1 Å². The van der Waals surface area contributed by atoms with Crippen molar-refractivity contribution in [2.45, 2.75) is 6.61 Å². The zero-order valence-corrected chi connectivity index (χ0v) is 15.5. The van der Waals surface area contributed by atoms with Crippen LogP contribution < -0.4 is 10.1 Å². The van der Waals surface area contributed by atoms with Crippen LogP contribution in [-0.2, 0) is 20.9 Å². The van der Waals surface area contributed by atoms with Crippen LogP contribution in [0.2, 0.25) is 5.02 Å². The molecule has 2 aromatic carbocycles. The number of ether oxygens (including phenoxy) is 2. The van der Waals surface area contributed by atoms with Crippen LogP contribution in [0.15, 0.2) is 42.5 Å². The number of hydrogen-bond donors (Lipinski definition) is 1. The van der Waals surface area contributed by atoms with E-state index in [1.807, 2.05) is 0 Å². The number of esters is 1. The zero-order chi connectivity index (χ0) is 18.9. The number of carbonyl (C=O) groups excluding carboxylic acids is 2. The van der Waals surface area contributed by atoms with E-state index >= 15 is 0 Å². The van der Waals surface area contributed by atoms with Crippen molar-refractivity contribution >= 4 is 40.9 Å².